The Labute approximate surface area is 117 Å². The topological polar surface area (TPSA) is 44.7 Å². The molecule has 2 aliphatic rings. The standard InChI is InChI=1S/C15H30N2O2/c1-13-11-19-10-9-17(13)8-4-3-7-15(2,12-18)16-14-5-6-14/h13-14,16,18H,3-12H2,1-2H3. The van der Waals surface area contributed by atoms with E-state index < -0.39 is 0 Å². The highest BCUT2D eigenvalue weighted by Gasteiger charge is 2.31. The van der Waals surface area contributed by atoms with Crippen LogP contribution >= 0.6 is 0 Å². The third-order valence-electron chi connectivity index (χ3n) is 4.41. The summed E-state index contributed by atoms with van der Waals surface area (Å²) in [6, 6.07) is 1.22. The first-order chi connectivity index (χ1) is 9.13. The molecule has 2 fully saturated rings. The second-order valence-corrected chi connectivity index (χ2v) is 6.55. The Hall–Kier alpha value is -0.160. The summed E-state index contributed by atoms with van der Waals surface area (Å²) in [5, 5.41) is 13.1. The fraction of sp³-hybridized carbons (Fsp3) is 1.00. The Balaban J connectivity index is 1.61. The molecule has 0 radical (unpaired) electrons. The van der Waals surface area contributed by atoms with Crippen LogP contribution in [0.3, 0.4) is 0 Å². The van der Waals surface area contributed by atoms with Gasteiger partial charge in [-0.1, -0.05) is 6.42 Å². The summed E-state index contributed by atoms with van der Waals surface area (Å²) in [5.74, 6) is 0. The molecule has 0 spiro atoms. The number of hydrogen-bond acceptors (Lipinski definition) is 4. The van der Waals surface area contributed by atoms with Crippen molar-refractivity contribution in [2.75, 3.05) is 32.9 Å². The fourth-order valence-corrected chi connectivity index (χ4v) is 2.84. The maximum atomic E-state index is 9.56. The van der Waals surface area contributed by atoms with E-state index in [-0.39, 0.29) is 12.1 Å². The van der Waals surface area contributed by atoms with Crippen molar-refractivity contribution in [3.8, 4) is 0 Å². The molecule has 0 amide bonds. The summed E-state index contributed by atoms with van der Waals surface area (Å²) in [4.78, 5) is 2.52. The van der Waals surface area contributed by atoms with Crippen LogP contribution in [-0.4, -0.2) is 60.5 Å². The first kappa shape index (κ1) is 15.2. The molecule has 0 aromatic heterocycles. The molecule has 2 unspecified atom stereocenters. The van der Waals surface area contributed by atoms with Crippen molar-refractivity contribution in [3.05, 3.63) is 0 Å². The van der Waals surface area contributed by atoms with Crippen LogP contribution in [0.15, 0.2) is 0 Å². The predicted molar refractivity (Wildman–Crippen MR) is 77.4 cm³/mol. The maximum absolute atomic E-state index is 9.56. The van der Waals surface area contributed by atoms with Gasteiger partial charge < -0.3 is 15.2 Å². The molecule has 0 bridgehead atoms. The van der Waals surface area contributed by atoms with Gasteiger partial charge >= 0.3 is 0 Å². The number of nitrogens with one attached hydrogen (secondary N) is 1. The molecule has 112 valence electrons. The summed E-state index contributed by atoms with van der Waals surface area (Å²) in [6.45, 7) is 8.62. The number of morpholine rings is 1. The zero-order chi connectivity index (χ0) is 13.7. The first-order valence-electron chi connectivity index (χ1n) is 7.83. The van der Waals surface area contributed by atoms with Crippen LogP contribution in [0.2, 0.25) is 0 Å². The highest BCUT2D eigenvalue weighted by Crippen LogP contribution is 2.25. The fourth-order valence-electron chi connectivity index (χ4n) is 2.84. The Morgan fingerprint density at radius 1 is 1.37 bits per heavy atom. The largest absolute Gasteiger partial charge is 0.394 e. The summed E-state index contributed by atoms with van der Waals surface area (Å²) in [7, 11) is 0. The lowest BCUT2D eigenvalue weighted by Crippen LogP contribution is -2.47. The van der Waals surface area contributed by atoms with Crippen molar-refractivity contribution < 1.29 is 9.84 Å². The summed E-state index contributed by atoms with van der Waals surface area (Å²) in [5.41, 5.74) is -0.0716. The molecule has 0 aromatic carbocycles. The van der Waals surface area contributed by atoms with E-state index in [1.54, 1.807) is 0 Å². The highest BCUT2D eigenvalue weighted by atomic mass is 16.5. The van der Waals surface area contributed by atoms with Crippen molar-refractivity contribution >= 4 is 0 Å². The van der Waals surface area contributed by atoms with Gasteiger partial charge in [-0.15, -0.1) is 0 Å². The molecule has 1 aliphatic heterocycles. The van der Waals surface area contributed by atoms with Crippen molar-refractivity contribution in [1.82, 2.24) is 10.2 Å². The number of rotatable bonds is 8. The molecule has 2 N–H and O–H groups in total. The van der Waals surface area contributed by atoms with E-state index in [4.69, 9.17) is 4.74 Å². The molecule has 4 heteroatoms. The van der Waals surface area contributed by atoms with Gasteiger partial charge in [0.15, 0.2) is 0 Å². The molecule has 1 aliphatic carbocycles. The molecule has 19 heavy (non-hydrogen) atoms. The van der Waals surface area contributed by atoms with Gasteiger partial charge in [0.1, 0.15) is 0 Å². The van der Waals surface area contributed by atoms with Crippen LogP contribution in [-0.2, 0) is 4.74 Å². The summed E-state index contributed by atoms with van der Waals surface area (Å²) < 4.78 is 5.46. The van der Waals surface area contributed by atoms with Crippen LogP contribution in [0.1, 0.15) is 46.0 Å². The Kier molecular flexibility index (Phi) is 5.63. The van der Waals surface area contributed by atoms with E-state index in [2.05, 4.69) is 24.1 Å². The van der Waals surface area contributed by atoms with Crippen LogP contribution in [0.25, 0.3) is 0 Å². The van der Waals surface area contributed by atoms with Gasteiger partial charge in [-0.05, 0) is 46.1 Å². The van der Waals surface area contributed by atoms with Crippen LogP contribution in [0.5, 0.6) is 0 Å². The monoisotopic (exact) mass is 270 g/mol. The third kappa shape index (κ3) is 5.03. The molecule has 1 saturated carbocycles. The van der Waals surface area contributed by atoms with Crippen molar-refractivity contribution in [3.63, 3.8) is 0 Å². The molecule has 0 aromatic rings. The molecule has 2 atom stereocenters. The van der Waals surface area contributed by atoms with Crippen LogP contribution < -0.4 is 5.32 Å². The van der Waals surface area contributed by atoms with Crippen molar-refractivity contribution in [1.29, 1.82) is 0 Å². The minimum absolute atomic E-state index is 0.0716. The second-order valence-electron chi connectivity index (χ2n) is 6.55. The smallest absolute Gasteiger partial charge is 0.0619 e. The Morgan fingerprint density at radius 3 is 2.79 bits per heavy atom. The number of aliphatic hydroxyl groups excluding tert-OH is 1. The van der Waals surface area contributed by atoms with Crippen LogP contribution in [0, 0.1) is 0 Å². The quantitative estimate of drug-likeness (QED) is 0.654. The van der Waals surface area contributed by atoms with E-state index in [1.807, 2.05) is 0 Å². The van der Waals surface area contributed by atoms with E-state index in [0.717, 1.165) is 32.7 Å². The summed E-state index contributed by atoms with van der Waals surface area (Å²) in [6.07, 6.45) is 6.02. The lowest BCUT2D eigenvalue weighted by molar-refractivity contribution is -0.00123. The lowest BCUT2D eigenvalue weighted by Gasteiger charge is -2.34. The number of aliphatic hydroxyl groups is 1. The van der Waals surface area contributed by atoms with E-state index in [1.165, 1.54) is 25.7 Å². The lowest BCUT2D eigenvalue weighted by atomic mass is 9.95. The number of hydrogen-bond donors (Lipinski definition) is 2. The molecular weight excluding hydrogens is 240 g/mol. The van der Waals surface area contributed by atoms with Gasteiger partial charge in [-0.3, -0.25) is 4.90 Å². The highest BCUT2D eigenvalue weighted by molar-refractivity contribution is 4.92. The number of ether oxygens (including phenoxy) is 1. The Bertz CT molecular complexity index is 271. The van der Waals surface area contributed by atoms with Gasteiger partial charge in [-0.25, -0.2) is 0 Å². The SMILES string of the molecule is CC1COCCN1CCCCC(C)(CO)NC1CC1. The van der Waals surface area contributed by atoms with Crippen molar-refractivity contribution in [2.45, 2.75) is 63.6 Å². The van der Waals surface area contributed by atoms with Crippen LogP contribution in [0.4, 0.5) is 0 Å². The summed E-state index contributed by atoms with van der Waals surface area (Å²) >= 11 is 0. The normalized spacial score (nSPS) is 28.3. The van der Waals surface area contributed by atoms with Gasteiger partial charge in [0.05, 0.1) is 19.8 Å². The minimum atomic E-state index is -0.0716. The zero-order valence-corrected chi connectivity index (χ0v) is 12.5. The maximum Gasteiger partial charge on any atom is 0.0619 e. The number of unbranched alkanes of at least 4 members (excludes halogenated alkanes) is 1. The molecule has 2 rings (SSSR count). The molecule has 1 heterocycles. The van der Waals surface area contributed by atoms with E-state index in [0.29, 0.717) is 12.1 Å². The average molecular weight is 270 g/mol. The molecule has 4 nitrogen and oxygen atoms in total. The predicted octanol–water partition coefficient (Wildman–Crippen LogP) is 1.38. The molecular formula is C15H30N2O2. The van der Waals surface area contributed by atoms with Gasteiger partial charge in [-0.2, -0.15) is 0 Å². The zero-order valence-electron chi connectivity index (χ0n) is 12.5. The Morgan fingerprint density at radius 2 is 2.16 bits per heavy atom. The van der Waals surface area contributed by atoms with Gasteiger partial charge in [0.25, 0.3) is 0 Å². The number of nitrogens with zero attached hydrogens (tertiary/aromatic N) is 1. The average Bonchev–Trinajstić information content (AvgIpc) is 3.20. The van der Waals surface area contributed by atoms with Gasteiger partial charge in [0.2, 0.25) is 0 Å². The second kappa shape index (κ2) is 7.02. The van der Waals surface area contributed by atoms with Gasteiger partial charge in [0, 0.05) is 24.2 Å². The van der Waals surface area contributed by atoms with Crippen molar-refractivity contribution in [2.24, 2.45) is 0 Å². The minimum Gasteiger partial charge on any atom is -0.394 e. The van der Waals surface area contributed by atoms with E-state index >= 15 is 0 Å². The third-order valence-corrected chi connectivity index (χ3v) is 4.41. The molecule has 1 saturated heterocycles. The first-order valence-corrected chi connectivity index (χ1v) is 7.83. The van der Waals surface area contributed by atoms with E-state index in [9.17, 15) is 5.11 Å².